The summed E-state index contributed by atoms with van der Waals surface area (Å²) in [6.45, 7) is 3.92. The fourth-order valence-electron chi connectivity index (χ4n) is 2.59. The van der Waals surface area contributed by atoms with Crippen LogP contribution in [-0.2, 0) is 14.3 Å². The number of ether oxygens (including phenoxy) is 2. The number of ketones is 1. The summed E-state index contributed by atoms with van der Waals surface area (Å²) in [6, 6.07) is 16.1. The second kappa shape index (κ2) is 10.9. The molecular weight excluding hydrogens is 358 g/mol. The second-order valence-corrected chi connectivity index (χ2v) is 6.24. The van der Waals surface area contributed by atoms with Crippen LogP contribution >= 0.6 is 0 Å². The van der Waals surface area contributed by atoms with Crippen molar-refractivity contribution in [3.63, 3.8) is 0 Å². The first kappa shape index (κ1) is 21.2. The van der Waals surface area contributed by atoms with Gasteiger partial charge in [-0.25, -0.2) is 0 Å². The van der Waals surface area contributed by atoms with Crippen molar-refractivity contribution in [2.24, 2.45) is 0 Å². The van der Waals surface area contributed by atoms with Crippen molar-refractivity contribution >= 4 is 17.7 Å². The van der Waals surface area contributed by atoms with E-state index in [1.807, 2.05) is 44.2 Å². The lowest BCUT2D eigenvalue weighted by Gasteiger charge is -2.14. The first-order chi connectivity index (χ1) is 13.5. The van der Waals surface area contributed by atoms with Crippen molar-refractivity contribution in [3.8, 4) is 5.75 Å². The molecule has 0 fully saturated rings. The van der Waals surface area contributed by atoms with Crippen LogP contribution in [0.4, 0.5) is 0 Å². The fraction of sp³-hybridized carbons (Fsp3) is 0.318. The lowest BCUT2D eigenvalue weighted by molar-refractivity contribution is -0.148. The van der Waals surface area contributed by atoms with Gasteiger partial charge in [-0.3, -0.25) is 14.4 Å². The zero-order valence-corrected chi connectivity index (χ0v) is 16.1. The molecule has 1 amide bonds. The van der Waals surface area contributed by atoms with Gasteiger partial charge in [0.1, 0.15) is 5.75 Å². The molecule has 0 spiro atoms. The Morgan fingerprint density at radius 2 is 1.64 bits per heavy atom. The Labute approximate surface area is 164 Å². The van der Waals surface area contributed by atoms with E-state index >= 15 is 0 Å². The first-order valence-electron chi connectivity index (χ1n) is 9.25. The lowest BCUT2D eigenvalue weighted by Crippen LogP contribution is -2.31. The van der Waals surface area contributed by atoms with Crippen LogP contribution < -0.4 is 10.1 Å². The number of hydrogen-bond acceptors (Lipinski definition) is 5. The molecule has 2 aromatic carbocycles. The number of carbonyl (C=O) groups excluding carboxylic acids is 3. The molecular formula is C22H25NO5. The van der Waals surface area contributed by atoms with Crippen molar-refractivity contribution in [2.75, 3.05) is 13.2 Å². The SMILES string of the molecule is CCOc1ccc(C(=O)CCC(=O)OCC(=O)N[C@H](C)c2ccccc2)cc1. The van der Waals surface area contributed by atoms with Crippen LogP contribution in [0, 0.1) is 0 Å². The van der Waals surface area contributed by atoms with Gasteiger partial charge in [0.05, 0.1) is 19.1 Å². The molecule has 0 bridgehead atoms. The summed E-state index contributed by atoms with van der Waals surface area (Å²) in [7, 11) is 0. The topological polar surface area (TPSA) is 81.7 Å². The molecule has 148 valence electrons. The summed E-state index contributed by atoms with van der Waals surface area (Å²) in [5.41, 5.74) is 1.47. The molecule has 0 aliphatic rings. The minimum Gasteiger partial charge on any atom is -0.494 e. The van der Waals surface area contributed by atoms with Gasteiger partial charge in [0.25, 0.3) is 5.91 Å². The molecule has 6 nitrogen and oxygen atoms in total. The minimum atomic E-state index is -0.582. The van der Waals surface area contributed by atoms with Crippen LogP contribution in [0.3, 0.4) is 0 Å². The normalized spacial score (nSPS) is 11.4. The molecule has 0 saturated carbocycles. The molecule has 1 N–H and O–H groups in total. The van der Waals surface area contributed by atoms with E-state index in [1.54, 1.807) is 24.3 Å². The molecule has 0 aromatic heterocycles. The monoisotopic (exact) mass is 383 g/mol. The van der Waals surface area contributed by atoms with Crippen LogP contribution in [0.25, 0.3) is 0 Å². The third kappa shape index (κ3) is 6.87. The highest BCUT2D eigenvalue weighted by Gasteiger charge is 2.14. The molecule has 1 atom stereocenters. The maximum atomic E-state index is 12.1. The molecule has 0 aliphatic carbocycles. The summed E-state index contributed by atoms with van der Waals surface area (Å²) in [5, 5.41) is 2.76. The number of esters is 1. The third-order valence-electron chi connectivity index (χ3n) is 4.08. The average molecular weight is 383 g/mol. The van der Waals surface area contributed by atoms with Crippen molar-refractivity contribution < 1.29 is 23.9 Å². The number of hydrogen-bond donors (Lipinski definition) is 1. The van der Waals surface area contributed by atoms with Gasteiger partial charge in [-0.15, -0.1) is 0 Å². The Morgan fingerprint density at radius 1 is 0.964 bits per heavy atom. The maximum absolute atomic E-state index is 12.1. The van der Waals surface area contributed by atoms with E-state index in [9.17, 15) is 14.4 Å². The van der Waals surface area contributed by atoms with Crippen LogP contribution in [0.5, 0.6) is 5.75 Å². The summed E-state index contributed by atoms with van der Waals surface area (Å²) >= 11 is 0. The Morgan fingerprint density at radius 3 is 2.29 bits per heavy atom. The number of rotatable bonds is 10. The summed E-state index contributed by atoms with van der Waals surface area (Å²) in [5.74, 6) is -0.444. The van der Waals surface area contributed by atoms with Gasteiger partial charge in [0.15, 0.2) is 12.4 Å². The molecule has 0 aliphatic heterocycles. The standard InChI is InChI=1S/C22H25NO5/c1-3-27-19-11-9-18(10-12-19)20(24)13-14-22(26)28-15-21(25)23-16(2)17-7-5-4-6-8-17/h4-12,16H,3,13-15H2,1-2H3,(H,23,25)/t16-/m1/s1. The van der Waals surface area contributed by atoms with Gasteiger partial charge < -0.3 is 14.8 Å². The maximum Gasteiger partial charge on any atom is 0.306 e. The summed E-state index contributed by atoms with van der Waals surface area (Å²) in [6.07, 6.45) is -0.0532. The Hall–Kier alpha value is -3.15. The molecule has 2 rings (SSSR count). The zero-order chi connectivity index (χ0) is 20.4. The number of nitrogens with one attached hydrogen (secondary N) is 1. The van der Waals surface area contributed by atoms with Crippen molar-refractivity contribution in [3.05, 3.63) is 65.7 Å². The van der Waals surface area contributed by atoms with E-state index in [0.717, 1.165) is 5.56 Å². The van der Waals surface area contributed by atoms with E-state index in [1.165, 1.54) is 0 Å². The highest BCUT2D eigenvalue weighted by Crippen LogP contribution is 2.14. The van der Waals surface area contributed by atoms with Crippen molar-refractivity contribution in [1.82, 2.24) is 5.32 Å². The molecule has 0 unspecified atom stereocenters. The van der Waals surface area contributed by atoms with E-state index in [2.05, 4.69) is 5.32 Å². The number of carbonyl (C=O) groups is 3. The summed E-state index contributed by atoms with van der Waals surface area (Å²) < 4.78 is 10.3. The minimum absolute atomic E-state index is 0.0227. The van der Waals surface area contributed by atoms with Crippen LogP contribution in [0.1, 0.15) is 48.7 Å². The molecule has 0 radical (unpaired) electrons. The van der Waals surface area contributed by atoms with Crippen LogP contribution in [0.2, 0.25) is 0 Å². The number of benzene rings is 2. The van der Waals surface area contributed by atoms with Gasteiger partial charge in [0, 0.05) is 12.0 Å². The molecule has 0 saturated heterocycles. The second-order valence-electron chi connectivity index (χ2n) is 6.24. The average Bonchev–Trinajstić information content (AvgIpc) is 2.72. The lowest BCUT2D eigenvalue weighted by atomic mass is 10.1. The van der Waals surface area contributed by atoms with Crippen molar-refractivity contribution in [2.45, 2.75) is 32.7 Å². The molecule has 0 heterocycles. The number of amides is 1. The number of Topliss-reactive ketones (excluding diaryl/α,β-unsaturated/α-hetero) is 1. The predicted molar refractivity (Wildman–Crippen MR) is 105 cm³/mol. The molecule has 6 heteroatoms. The Kier molecular flexibility index (Phi) is 8.21. The largest absolute Gasteiger partial charge is 0.494 e. The molecule has 2 aromatic rings. The van der Waals surface area contributed by atoms with Crippen LogP contribution in [-0.4, -0.2) is 30.9 Å². The van der Waals surface area contributed by atoms with E-state index in [4.69, 9.17) is 9.47 Å². The van der Waals surface area contributed by atoms with Crippen LogP contribution in [0.15, 0.2) is 54.6 Å². The van der Waals surface area contributed by atoms with E-state index in [0.29, 0.717) is 17.9 Å². The molecule has 28 heavy (non-hydrogen) atoms. The van der Waals surface area contributed by atoms with E-state index in [-0.39, 0.29) is 37.2 Å². The quantitative estimate of drug-likeness (QED) is 0.502. The van der Waals surface area contributed by atoms with Gasteiger partial charge in [-0.05, 0) is 43.7 Å². The summed E-state index contributed by atoms with van der Waals surface area (Å²) in [4.78, 5) is 35.8. The predicted octanol–water partition coefficient (Wildman–Crippen LogP) is 3.47. The highest BCUT2D eigenvalue weighted by atomic mass is 16.5. The Bertz CT molecular complexity index is 786. The Balaban J connectivity index is 1.70. The van der Waals surface area contributed by atoms with Gasteiger partial charge >= 0.3 is 5.97 Å². The van der Waals surface area contributed by atoms with Gasteiger partial charge in [-0.2, -0.15) is 0 Å². The van der Waals surface area contributed by atoms with Crippen molar-refractivity contribution in [1.29, 1.82) is 0 Å². The van der Waals surface area contributed by atoms with Gasteiger partial charge in [0.2, 0.25) is 0 Å². The van der Waals surface area contributed by atoms with E-state index < -0.39 is 5.97 Å². The van der Waals surface area contributed by atoms with Gasteiger partial charge in [-0.1, -0.05) is 30.3 Å². The fourth-order valence-corrected chi connectivity index (χ4v) is 2.59. The smallest absolute Gasteiger partial charge is 0.306 e. The zero-order valence-electron chi connectivity index (χ0n) is 16.1. The third-order valence-corrected chi connectivity index (χ3v) is 4.08. The highest BCUT2D eigenvalue weighted by molar-refractivity contribution is 5.97. The first-order valence-corrected chi connectivity index (χ1v) is 9.25.